The number of nitrogens with one attached hydrogen (secondary N) is 2. The van der Waals surface area contributed by atoms with Crippen LogP contribution in [0.4, 0.5) is 5.69 Å². The van der Waals surface area contributed by atoms with Crippen LogP contribution in [0.3, 0.4) is 0 Å². The summed E-state index contributed by atoms with van der Waals surface area (Å²) in [5, 5.41) is 25.1. The summed E-state index contributed by atoms with van der Waals surface area (Å²) in [7, 11) is 0. The molecular formula is C26H28Cl2N2O6. The van der Waals surface area contributed by atoms with Crippen LogP contribution in [0.5, 0.6) is 0 Å². The van der Waals surface area contributed by atoms with Crippen molar-refractivity contribution in [1.29, 1.82) is 0 Å². The smallest absolute Gasteiger partial charge is 0.326 e. The number of anilines is 1. The number of carbonyl (C=O) groups excluding carboxylic acids is 2. The van der Waals surface area contributed by atoms with Crippen molar-refractivity contribution in [2.75, 3.05) is 5.32 Å². The SMILES string of the molecule is CC1(C)[C@@H](C(=O)N[C@@H](Cc2ccc(NC(=O)c3c(Cl)cccc3Cl)cc2)C(=O)O)CC[C@@]1(C)C(=O)O. The van der Waals surface area contributed by atoms with Gasteiger partial charge in [0, 0.05) is 18.0 Å². The van der Waals surface area contributed by atoms with Crippen LogP contribution in [-0.2, 0) is 20.8 Å². The molecule has 0 unspecified atom stereocenters. The molecule has 2 aromatic carbocycles. The van der Waals surface area contributed by atoms with Gasteiger partial charge in [0.05, 0.1) is 21.0 Å². The standard InChI is InChI=1S/C26H28Cl2N2O6/c1-25(2)16(11-12-26(25,3)24(35)36)21(31)30-19(23(33)34)13-14-7-9-15(10-8-14)29-22(32)20-17(27)5-4-6-18(20)28/h4-10,16,19H,11-13H2,1-3H3,(H,29,32)(H,30,31)(H,33,34)(H,35,36)/t16-,19+,26+/m1/s1. The Hall–Kier alpha value is -3.10. The number of aliphatic carboxylic acids is 2. The third-order valence-electron chi connectivity index (χ3n) is 7.47. The minimum absolute atomic E-state index is 0.00892. The predicted octanol–water partition coefficient (Wildman–Crippen LogP) is 4.88. The van der Waals surface area contributed by atoms with Gasteiger partial charge in [-0.25, -0.2) is 4.79 Å². The Balaban J connectivity index is 1.68. The number of rotatable bonds is 8. The Morgan fingerprint density at radius 3 is 2.08 bits per heavy atom. The minimum Gasteiger partial charge on any atom is -0.481 e. The fourth-order valence-electron chi connectivity index (χ4n) is 4.68. The second-order valence-corrected chi connectivity index (χ2v) is 10.6. The van der Waals surface area contributed by atoms with Gasteiger partial charge in [-0.3, -0.25) is 14.4 Å². The maximum atomic E-state index is 13.0. The molecule has 0 radical (unpaired) electrons. The normalized spacial score (nSPS) is 21.4. The van der Waals surface area contributed by atoms with E-state index in [1.165, 1.54) is 0 Å². The molecular weight excluding hydrogens is 507 g/mol. The van der Waals surface area contributed by atoms with Gasteiger partial charge in [0.2, 0.25) is 5.91 Å². The molecule has 36 heavy (non-hydrogen) atoms. The molecule has 8 nitrogen and oxygen atoms in total. The Morgan fingerprint density at radius 2 is 1.58 bits per heavy atom. The van der Waals surface area contributed by atoms with Crippen LogP contribution in [-0.4, -0.2) is 40.0 Å². The van der Waals surface area contributed by atoms with Gasteiger partial charge in [0.25, 0.3) is 5.91 Å². The van der Waals surface area contributed by atoms with E-state index < -0.39 is 46.5 Å². The van der Waals surface area contributed by atoms with Crippen molar-refractivity contribution in [2.45, 2.75) is 46.1 Å². The van der Waals surface area contributed by atoms with Crippen molar-refractivity contribution >= 4 is 52.6 Å². The van der Waals surface area contributed by atoms with Crippen molar-refractivity contribution in [3.8, 4) is 0 Å². The molecule has 0 aliphatic heterocycles. The lowest BCUT2D eigenvalue weighted by molar-refractivity contribution is -0.155. The zero-order chi connectivity index (χ0) is 26.8. The lowest BCUT2D eigenvalue weighted by atomic mass is 9.65. The molecule has 10 heteroatoms. The summed E-state index contributed by atoms with van der Waals surface area (Å²) in [6, 6.07) is 10.1. The molecule has 3 atom stereocenters. The van der Waals surface area contributed by atoms with Crippen molar-refractivity contribution in [2.24, 2.45) is 16.7 Å². The number of hydrogen-bond donors (Lipinski definition) is 4. The highest BCUT2D eigenvalue weighted by atomic mass is 35.5. The number of carboxylic acid groups (broad SMARTS) is 2. The highest BCUT2D eigenvalue weighted by Gasteiger charge is 2.58. The second kappa shape index (κ2) is 10.5. The molecule has 0 saturated heterocycles. The molecule has 192 valence electrons. The Morgan fingerprint density at radius 1 is 1.00 bits per heavy atom. The largest absolute Gasteiger partial charge is 0.481 e. The molecule has 0 spiro atoms. The second-order valence-electron chi connectivity index (χ2n) is 9.80. The molecule has 2 aromatic rings. The molecule has 0 bridgehead atoms. The van der Waals surface area contributed by atoms with Crippen LogP contribution in [0.1, 0.15) is 49.5 Å². The zero-order valence-electron chi connectivity index (χ0n) is 20.1. The van der Waals surface area contributed by atoms with Crippen LogP contribution < -0.4 is 10.6 Å². The molecule has 4 N–H and O–H groups in total. The first-order chi connectivity index (χ1) is 16.8. The topological polar surface area (TPSA) is 133 Å². The molecule has 3 rings (SSSR count). The van der Waals surface area contributed by atoms with E-state index in [1.807, 2.05) is 0 Å². The van der Waals surface area contributed by atoms with E-state index in [9.17, 15) is 29.4 Å². The maximum Gasteiger partial charge on any atom is 0.326 e. The van der Waals surface area contributed by atoms with Gasteiger partial charge in [-0.15, -0.1) is 0 Å². The van der Waals surface area contributed by atoms with Crippen molar-refractivity contribution in [3.63, 3.8) is 0 Å². The van der Waals surface area contributed by atoms with Crippen LogP contribution in [0.2, 0.25) is 10.0 Å². The van der Waals surface area contributed by atoms with E-state index in [1.54, 1.807) is 63.2 Å². The third kappa shape index (κ3) is 5.34. The highest BCUT2D eigenvalue weighted by Crippen LogP contribution is 2.56. The Labute approximate surface area is 219 Å². The molecule has 1 aliphatic carbocycles. The van der Waals surface area contributed by atoms with Crippen LogP contribution in [0, 0.1) is 16.7 Å². The molecule has 1 aliphatic rings. The van der Waals surface area contributed by atoms with E-state index >= 15 is 0 Å². The van der Waals surface area contributed by atoms with Crippen LogP contribution in [0.15, 0.2) is 42.5 Å². The van der Waals surface area contributed by atoms with Gasteiger partial charge in [0.15, 0.2) is 0 Å². The number of benzene rings is 2. The number of carbonyl (C=O) groups is 4. The highest BCUT2D eigenvalue weighted by molar-refractivity contribution is 6.40. The van der Waals surface area contributed by atoms with Crippen molar-refractivity contribution < 1.29 is 29.4 Å². The molecule has 1 saturated carbocycles. The predicted molar refractivity (Wildman–Crippen MR) is 136 cm³/mol. The molecule has 1 fully saturated rings. The average Bonchev–Trinajstić information content (AvgIpc) is 3.04. The van der Waals surface area contributed by atoms with Crippen molar-refractivity contribution in [1.82, 2.24) is 5.32 Å². The minimum atomic E-state index is -1.20. The maximum absolute atomic E-state index is 13.0. The fourth-order valence-corrected chi connectivity index (χ4v) is 5.25. The summed E-state index contributed by atoms with van der Waals surface area (Å²) in [5.41, 5.74) is -0.709. The molecule has 0 heterocycles. The van der Waals surface area contributed by atoms with Crippen molar-refractivity contribution in [3.05, 3.63) is 63.6 Å². The third-order valence-corrected chi connectivity index (χ3v) is 8.10. The number of hydrogen-bond acceptors (Lipinski definition) is 4. The number of carboxylic acids is 2. The first kappa shape index (κ1) is 27.5. The molecule has 2 amide bonds. The number of halogens is 2. The Bertz CT molecular complexity index is 1180. The van der Waals surface area contributed by atoms with E-state index in [-0.39, 0.29) is 22.0 Å². The van der Waals surface area contributed by atoms with E-state index in [0.717, 1.165) is 0 Å². The van der Waals surface area contributed by atoms with Gasteiger partial charge in [0.1, 0.15) is 6.04 Å². The average molecular weight is 535 g/mol. The number of amides is 2. The fraction of sp³-hybridized carbons (Fsp3) is 0.385. The van der Waals surface area contributed by atoms with Gasteiger partial charge in [-0.05, 0) is 55.0 Å². The summed E-state index contributed by atoms with van der Waals surface area (Å²) < 4.78 is 0. The zero-order valence-corrected chi connectivity index (χ0v) is 21.6. The Kier molecular flexibility index (Phi) is 8.00. The van der Waals surface area contributed by atoms with Gasteiger partial charge in [-0.1, -0.05) is 55.2 Å². The van der Waals surface area contributed by atoms with Gasteiger partial charge in [-0.2, -0.15) is 0 Å². The summed E-state index contributed by atoms with van der Waals surface area (Å²) in [5.74, 6) is -3.76. The monoisotopic (exact) mass is 534 g/mol. The van der Waals surface area contributed by atoms with E-state index in [4.69, 9.17) is 23.2 Å². The van der Waals surface area contributed by atoms with Crippen LogP contribution >= 0.6 is 23.2 Å². The summed E-state index contributed by atoms with van der Waals surface area (Å²) in [6.45, 7) is 5.09. The quantitative estimate of drug-likeness (QED) is 0.381. The first-order valence-corrected chi connectivity index (χ1v) is 12.1. The lowest BCUT2D eigenvalue weighted by Crippen LogP contribution is -2.49. The summed E-state index contributed by atoms with van der Waals surface area (Å²) in [6.07, 6.45) is 0.699. The lowest BCUT2D eigenvalue weighted by Gasteiger charge is -2.38. The summed E-state index contributed by atoms with van der Waals surface area (Å²) >= 11 is 12.2. The van der Waals surface area contributed by atoms with Gasteiger partial charge >= 0.3 is 11.9 Å². The van der Waals surface area contributed by atoms with E-state index in [2.05, 4.69) is 10.6 Å². The first-order valence-electron chi connectivity index (χ1n) is 11.4. The van der Waals surface area contributed by atoms with Gasteiger partial charge < -0.3 is 20.8 Å². The molecule has 0 aromatic heterocycles. The summed E-state index contributed by atoms with van der Waals surface area (Å²) in [4.78, 5) is 49.3. The van der Waals surface area contributed by atoms with Crippen LogP contribution in [0.25, 0.3) is 0 Å². The van der Waals surface area contributed by atoms with E-state index in [0.29, 0.717) is 24.1 Å².